The lowest BCUT2D eigenvalue weighted by Crippen LogP contribution is -2.06. The number of fused-ring (bicyclic) bond motifs is 1. The maximum absolute atomic E-state index is 12.2. The Morgan fingerprint density at radius 1 is 0.550 bits per heavy atom. The molecule has 0 unspecified atom stereocenters. The van der Waals surface area contributed by atoms with Gasteiger partial charge in [-0.15, -0.1) is 0 Å². The Morgan fingerprint density at radius 2 is 0.925 bits per heavy atom. The molecule has 0 saturated heterocycles. The van der Waals surface area contributed by atoms with Crippen molar-refractivity contribution in [2.45, 2.75) is 174 Å². The van der Waals surface area contributed by atoms with E-state index in [1.54, 1.807) is 0 Å². The first kappa shape index (κ1) is 34.4. The molecule has 0 aliphatic carbocycles. The number of aromatic nitrogens is 1. The number of rotatable bonds is 28. The van der Waals surface area contributed by atoms with Gasteiger partial charge in [-0.25, -0.2) is 4.79 Å². The van der Waals surface area contributed by atoms with Gasteiger partial charge in [-0.05, 0) is 18.6 Å². The zero-order valence-corrected chi connectivity index (χ0v) is 26.3. The van der Waals surface area contributed by atoms with E-state index < -0.39 is 0 Å². The summed E-state index contributed by atoms with van der Waals surface area (Å²) in [4.78, 5) is 15.3. The quantitative estimate of drug-likeness (QED) is 0.0841. The van der Waals surface area contributed by atoms with Crippen molar-refractivity contribution in [3.8, 4) is 0 Å². The first-order chi connectivity index (χ1) is 19.8. The predicted octanol–water partition coefficient (Wildman–Crippen LogP) is 12.5. The molecule has 0 spiro atoms. The van der Waals surface area contributed by atoms with Crippen LogP contribution in [0.1, 0.15) is 184 Å². The van der Waals surface area contributed by atoms with Gasteiger partial charge in [0.15, 0.2) is 0 Å². The van der Waals surface area contributed by atoms with E-state index in [1.807, 2.05) is 30.3 Å². The van der Waals surface area contributed by atoms with Gasteiger partial charge in [0, 0.05) is 10.9 Å². The second-order valence-corrected chi connectivity index (χ2v) is 12.2. The second-order valence-electron chi connectivity index (χ2n) is 12.2. The molecule has 0 amide bonds. The molecule has 1 heterocycles. The highest BCUT2D eigenvalue weighted by atomic mass is 16.5. The van der Waals surface area contributed by atoms with Gasteiger partial charge < -0.3 is 9.72 Å². The largest absolute Gasteiger partial charge is 0.461 e. The van der Waals surface area contributed by atoms with Crippen LogP contribution in [0.25, 0.3) is 10.9 Å². The Bertz CT molecular complexity index is 809. The molecular weight excluding hydrogens is 490 g/mol. The summed E-state index contributed by atoms with van der Waals surface area (Å²) in [5.41, 5.74) is 1.53. The fourth-order valence-electron chi connectivity index (χ4n) is 5.84. The number of esters is 1. The van der Waals surface area contributed by atoms with Gasteiger partial charge >= 0.3 is 5.97 Å². The van der Waals surface area contributed by atoms with E-state index in [9.17, 15) is 4.79 Å². The van der Waals surface area contributed by atoms with Crippen LogP contribution in [0.15, 0.2) is 30.3 Å². The Kier molecular flexibility index (Phi) is 21.5. The first-order valence-corrected chi connectivity index (χ1v) is 17.6. The van der Waals surface area contributed by atoms with E-state index in [4.69, 9.17) is 4.74 Å². The van der Waals surface area contributed by atoms with E-state index in [-0.39, 0.29) is 5.97 Å². The summed E-state index contributed by atoms with van der Waals surface area (Å²) in [5, 5.41) is 1.05. The summed E-state index contributed by atoms with van der Waals surface area (Å²) in [5.74, 6) is -0.240. The Hall–Kier alpha value is -1.77. The average Bonchev–Trinajstić information content (AvgIpc) is 3.41. The van der Waals surface area contributed by atoms with Crippen molar-refractivity contribution in [1.82, 2.24) is 4.98 Å². The monoisotopic (exact) mass is 553 g/mol. The number of ether oxygens (including phenoxy) is 1. The van der Waals surface area contributed by atoms with Crippen LogP contribution in [0, 0.1) is 0 Å². The van der Waals surface area contributed by atoms with Crippen LogP contribution in [-0.2, 0) is 4.74 Å². The topological polar surface area (TPSA) is 42.1 Å². The highest BCUT2D eigenvalue weighted by Crippen LogP contribution is 2.17. The summed E-state index contributed by atoms with van der Waals surface area (Å²) in [6, 6.07) is 9.81. The summed E-state index contributed by atoms with van der Waals surface area (Å²) >= 11 is 0. The molecule has 3 nitrogen and oxygen atoms in total. The summed E-state index contributed by atoms with van der Waals surface area (Å²) in [6.07, 6.45) is 36.4. The predicted molar refractivity (Wildman–Crippen MR) is 174 cm³/mol. The maximum atomic E-state index is 12.2. The molecule has 0 bridgehead atoms. The molecule has 3 heteroatoms. The molecular formula is C37H63NO2. The second kappa shape index (κ2) is 25.0. The van der Waals surface area contributed by atoms with Gasteiger partial charge in [0.05, 0.1) is 6.61 Å². The molecule has 0 fully saturated rings. The smallest absolute Gasteiger partial charge is 0.354 e. The van der Waals surface area contributed by atoms with Crippen LogP contribution in [0.3, 0.4) is 0 Å². The normalized spacial score (nSPS) is 11.4. The molecule has 40 heavy (non-hydrogen) atoms. The fourth-order valence-corrected chi connectivity index (χ4v) is 5.84. The zero-order chi connectivity index (χ0) is 28.4. The van der Waals surface area contributed by atoms with Crippen molar-refractivity contribution >= 4 is 16.9 Å². The van der Waals surface area contributed by atoms with Gasteiger partial charge in [0.25, 0.3) is 0 Å². The van der Waals surface area contributed by atoms with Crippen LogP contribution in [0.4, 0.5) is 0 Å². The van der Waals surface area contributed by atoms with Crippen molar-refractivity contribution in [3.63, 3.8) is 0 Å². The zero-order valence-electron chi connectivity index (χ0n) is 26.3. The SMILES string of the molecule is CCCCCCCCCCCCCCCCCCCCCCCCCCCCOC(=O)c1cc2ccccc2[nH]1. The Labute approximate surface area is 247 Å². The number of hydrogen-bond acceptors (Lipinski definition) is 2. The molecule has 0 aliphatic heterocycles. The van der Waals surface area contributed by atoms with E-state index in [0.717, 1.165) is 23.7 Å². The third-order valence-electron chi connectivity index (χ3n) is 8.48. The Balaban J connectivity index is 1.21. The molecule has 1 aromatic carbocycles. The Morgan fingerprint density at radius 3 is 1.32 bits per heavy atom. The van der Waals surface area contributed by atoms with E-state index in [2.05, 4.69) is 11.9 Å². The van der Waals surface area contributed by atoms with E-state index >= 15 is 0 Å². The molecule has 0 aliphatic rings. The van der Waals surface area contributed by atoms with Crippen molar-refractivity contribution in [1.29, 1.82) is 0 Å². The molecule has 228 valence electrons. The van der Waals surface area contributed by atoms with Crippen LogP contribution in [0.5, 0.6) is 0 Å². The minimum absolute atomic E-state index is 0.240. The third kappa shape index (κ3) is 17.8. The third-order valence-corrected chi connectivity index (χ3v) is 8.48. The lowest BCUT2D eigenvalue weighted by molar-refractivity contribution is 0.0492. The van der Waals surface area contributed by atoms with Gasteiger partial charge in [0.2, 0.25) is 0 Å². The van der Waals surface area contributed by atoms with Crippen molar-refractivity contribution < 1.29 is 9.53 Å². The molecule has 0 radical (unpaired) electrons. The molecule has 1 N–H and O–H groups in total. The van der Waals surface area contributed by atoms with Gasteiger partial charge in [-0.2, -0.15) is 0 Å². The summed E-state index contributed by atoms with van der Waals surface area (Å²) in [6.45, 7) is 2.82. The number of carbonyl (C=O) groups excluding carboxylic acids is 1. The lowest BCUT2D eigenvalue weighted by atomic mass is 10.0. The highest BCUT2D eigenvalue weighted by Gasteiger charge is 2.10. The number of carbonyl (C=O) groups is 1. The number of H-pyrrole nitrogens is 1. The average molecular weight is 554 g/mol. The van der Waals surface area contributed by atoms with Crippen molar-refractivity contribution in [2.24, 2.45) is 0 Å². The number of nitrogens with one attached hydrogen (secondary N) is 1. The maximum Gasteiger partial charge on any atom is 0.354 e. The minimum Gasteiger partial charge on any atom is -0.461 e. The molecule has 1 aromatic heterocycles. The van der Waals surface area contributed by atoms with E-state index in [0.29, 0.717) is 12.3 Å². The number of unbranched alkanes of at least 4 members (excludes halogenated alkanes) is 25. The standard InChI is InChI=1S/C37H63NO2/c1-2-3-4-5-6-7-8-9-10-11-12-13-14-15-16-17-18-19-20-21-22-23-24-25-26-29-32-40-37(39)36-33-34-30-27-28-31-35(34)38-36/h27-28,30-31,33,38H,2-26,29,32H2,1H3. The molecule has 2 rings (SSSR count). The van der Waals surface area contributed by atoms with Crippen LogP contribution < -0.4 is 0 Å². The summed E-state index contributed by atoms with van der Waals surface area (Å²) < 4.78 is 5.44. The molecule has 2 aromatic rings. The van der Waals surface area contributed by atoms with Gasteiger partial charge in [-0.1, -0.05) is 186 Å². The first-order valence-electron chi connectivity index (χ1n) is 17.6. The fraction of sp³-hybridized carbons (Fsp3) is 0.757. The van der Waals surface area contributed by atoms with Crippen LogP contribution in [0.2, 0.25) is 0 Å². The number of benzene rings is 1. The molecule has 0 atom stereocenters. The number of para-hydroxylation sites is 1. The van der Waals surface area contributed by atoms with Crippen molar-refractivity contribution in [2.75, 3.05) is 6.61 Å². The highest BCUT2D eigenvalue weighted by molar-refractivity contribution is 5.94. The minimum atomic E-state index is -0.240. The van der Waals surface area contributed by atoms with E-state index in [1.165, 1.54) is 154 Å². The molecule has 0 saturated carbocycles. The van der Waals surface area contributed by atoms with Crippen LogP contribution >= 0.6 is 0 Å². The van der Waals surface area contributed by atoms with Crippen LogP contribution in [-0.4, -0.2) is 17.6 Å². The van der Waals surface area contributed by atoms with Crippen molar-refractivity contribution in [3.05, 3.63) is 36.0 Å². The number of aromatic amines is 1. The summed E-state index contributed by atoms with van der Waals surface area (Å²) in [7, 11) is 0. The number of hydrogen-bond donors (Lipinski definition) is 1. The lowest BCUT2D eigenvalue weighted by Gasteiger charge is -2.05. The van der Waals surface area contributed by atoms with Gasteiger partial charge in [0.1, 0.15) is 5.69 Å². The van der Waals surface area contributed by atoms with Gasteiger partial charge in [-0.3, -0.25) is 0 Å².